The number of carboxylic acids is 1. The van der Waals surface area contributed by atoms with Crippen LogP contribution in [0, 0.1) is 19.7 Å². The Morgan fingerprint density at radius 1 is 1.28 bits per heavy atom. The molecule has 1 amide bonds. The van der Waals surface area contributed by atoms with Crippen LogP contribution in [0.15, 0.2) is 12.1 Å². The van der Waals surface area contributed by atoms with Gasteiger partial charge in [0, 0.05) is 12.1 Å². The zero-order valence-electron chi connectivity index (χ0n) is 10.7. The second-order valence-corrected chi connectivity index (χ2v) is 4.14. The highest BCUT2D eigenvalue weighted by molar-refractivity contribution is 5.96. The average molecular weight is 253 g/mol. The predicted octanol–water partition coefficient (Wildman–Crippen LogP) is 1.99. The van der Waals surface area contributed by atoms with E-state index in [0.29, 0.717) is 23.2 Å². The van der Waals surface area contributed by atoms with Gasteiger partial charge in [0.05, 0.1) is 0 Å². The summed E-state index contributed by atoms with van der Waals surface area (Å²) in [5.41, 5.74) is 1.07. The molecular weight excluding hydrogens is 237 g/mol. The largest absolute Gasteiger partial charge is 0.480 e. The highest BCUT2D eigenvalue weighted by atomic mass is 19.1. The lowest BCUT2D eigenvalue weighted by molar-refractivity contribution is -0.137. The van der Waals surface area contributed by atoms with E-state index in [9.17, 15) is 14.0 Å². The molecule has 0 aliphatic carbocycles. The molecule has 0 aliphatic rings. The summed E-state index contributed by atoms with van der Waals surface area (Å²) in [5.74, 6) is -1.81. The van der Waals surface area contributed by atoms with Crippen molar-refractivity contribution in [1.82, 2.24) is 4.90 Å². The van der Waals surface area contributed by atoms with E-state index in [1.54, 1.807) is 20.8 Å². The van der Waals surface area contributed by atoms with Crippen LogP contribution < -0.4 is 0 Å². The van der Waals surface area contributed by atoms with Crippen molar-refractivity contribution in [3.8, 4) is 0 Å². The third kappa shape index (κ3) is 3.06. The quantitative estimate of drug-likeness (QED) is 0.892. The van der Waals surface area contributed by atoms with Crippen molar-refractivity contribution < 1.29 is 19.1 Å². The van der Waals surface area contributed by atoms with Gasteiger partial charge in [-0.15, -0.1) is 0 Å². The molecule has 18 heavy (non-hydrogen) atoms. The number of hydrogen-bond acceptors (Lipinski definition) is 2. The minimum atomic E-state index is -1.07. The van der Waals surface area contributed by atoms with Crippen molar-refractivity contribution in [1.29, 1.82) is 0 Å². The first-order valence-electron chi connectivity index (χ1n) is 5.64. The van der Waals surface area contributed by atoms with Crippen molar-refractivity contribution in [3.05, 3.63) is 34.6 Å². The van der Waals surface area contributed by atoms with Crippen LogP contribution in [0.3, 0.4) is 0 Å². The molecule has 4 nitrogen and oxygen atoms in total. The molecular formula is C13H16FNO3. The standard InChI is InChI=1S/C13H16FNO3/c1-4-15(7-11(16)17)13(18)10-5-8(2)12(14)9(3)6-10/h5-6H,4,7H2,1-3H3,(H,16,17). The number of aryl methyl sites for hydroxylation is 2. The fourth-order valence-corrected chi connectivity index (χ4v) is 1.74. The zero-order chi connectivity index (χ0) is 13.9. The molecule has 1 aromatic rings. The molecule has 0 saturated heterocycles. The first-order chi connectivity index (χ1) is 8.36. The number of halogens is 1. The van der Waals surface area contributed by atoms with Crippen LogP contribution in [-0.2, 0) is 4.79 Å². The lowest BCUT2D eigenvalue weighted by Crippen LogP contribution is -2.35. The molecule has 0 fully saturated rings. The average Bonchev–Trinajstić information content (AvgIpc) is 2.31. The lowest BCUT2D eigenvalue weighted by atomic mass is 10.1. The van der Waals surface area contributed by atoms with Gasteiger partial charge in [0.15, 0.2) is 0 Å². The van der Waals surface area contributed by atoms with Gasteiger partial charge in [0.1, 0.15) is 12.4 Å². The monoisotopic (exact) mass is 253 g/mol. The van der Waals surface area contributed by atoms with Gasteiger partial charge >= 0.3 is 5.97 Å². The maximum atomic E-state index is 13.4. The lowest BCUT2D eigenvalue weighted by Gasteiger charge is -2.19. The van der Waals surface area contributed by atoms with Crippen molar-refractivity contribution in [2.75, 3.05) is 13.1 Å². The highest BCUT2D eigenvalue weighted by Crippen LogP contribution is 2.16. The van der Waals surface area contributed by atoms with Gasteiger partial charge in [-0.1, -0.05) is 0 Å². The van der Waals surface area contributed by atoms with E-state index in [2.05, 4.69) is 0 Å². The Morgan fingerprint density at radius 2 is 1.78 bits per heavy atom. The summed E-state index contributed by atoms with van der Waals surface area (Å²) in [5, 5.41) is 8.71. The van der Waals surface area contributed by atoms with Gasteiger partial charge in [-0.2, -0.15) is 0 Å². The second-order valence-electron chi connectivity index (χ2n) is 4.14. The van der Waals surface area contributed by atoms with E-state index in [1.165, 1.54) is 17.0 Å². The van der Waals surface area contributed by atoms with Crippen molar-refractivity contribution in [2.24, 2.45) is 0 Å². The minimum absolute atomic E-state index is 0.292. The number of carbonyl (C=O) groups excluding carboxylic acids is 1. The van der Waals surface area contributed by atoms with E-state index in [4.69, 9.17) is 5.11 Å². The normalized spacial score (nSPS) is 10.2. The number of amides is 1. The molecule has 0 unspecified atom stereocenters. The first-order valence-corrected chi connectivity index (χ1v) is 5.64. The van der Waals surface area contributed by atoms with Crippen molar-refractivity contribution in [3.63, 3.8) is 0 Å². The third-order valence-corrected chi connectivity index (χ3v) is 2.68. The number of rotatable bonds is 4. The Labute approximate surface area is 105 Å². The van der Waals surface area contributed by atoms with E-state index in [0.717, 1.165) is 0 Å². The summed E-state index contributed by atoms with van der Waals surface area (Å²) >= 11 is 0. The molecule has 0 bridgehead atoms. The molecule has 0 radical (unpaired) electrons. The van der Waals surface area contributed by atoms with E-state index >= 15 is 0 Å². The summed E-state index contributed by atoms with van der Waals surface area (Å²) in [4.78, 5) is 23.9. The van der Waals surface area contributed by atoms with Crippen LogP contribution in [-0.4, -0.2) is 35.0 Å². The summed E-state index contributed by atoms with van der Waals surface area (Å²) in [6.45, 7) is 4.79. The summed E-state index contributed by atoms with van der Waals surface area (Å²) in [6, 6.07) is 2.88. The number of nitrogens with zero attached hydrogens (tertiary/aromatic N) is 1. The van der Waals surface area contributed by atoms with Crippen molar-refractivity contribution in [2.45, 2.75) is 20.8 Å². The molecule has 1 rings (SSSR count). The molecule has 0 saturated carbocycles. The molecule has 0 aliphatic heterocycles. The topological polar surface area (TPSA) is 57.6 Å². The van der Waals surface area contributed by atoms with E-state index in [1.807, 2.05) is 0 Å². The Kier molecular flexibility index (Phi) is 4.42. The van der Waals surface area contributed by atoms with E-state index < -0.39 is 11.9 Å². The van der Waals surface area contributed by atoms with Crippen LogP contribution in [0.2, 0.25) is 0 Å². The van der Waals surface area contributed by atoms with Gasteiger partial charge < -0.3 is 10.0 Å². The number of carboxylic acid groups (broad SMARTS) is 1. The van der Waals surface area contributed by atoms with Crippen LogP contribution in [0.4, 0.5) is 4.39 Å². The molecule has 5 heteroatoms. The summed E-state index contributed by atoms with van der Waals surface area (Å²) < 4.78 is 13.4. The number of hydrogen-bond donors (Lipinski definition) is 1. The second kappa shape index (κ2) is 5.62. The van der Waals surface area contributed by atoms with Crippen LogP contribution in [0.1, 0.15) is 28.4 Å². The van der Waals surface area contributed by atoms with Gasteiger partial charge in [0.2, 0.25) is 0 Å². The van der Waals surface area contributed by atoms with Crippen molar-refractivity contribution >= 4 is 11.9 Å². The van der Waals surface area contributed by atoms with Gasteiger partial charge in [-0.05, 0) is 44.0 Å². The predicted molar refractivity (Wildman–Crippen MR) is 65.1 cm³/mol. The smallest absolute Gasteiger partial charge is 0.323 e. The number of aliphatic carboxylic acids is 1. The molecule has 98 valence electrons. The molecule has 0 aromatic heterocycles. The van der Waals surface area contributed by atoms with Crippen LogP contribution in [0.5, 0.6) is 0 Å². The van der Waals surface area contributed by atoms with Gasteiger partial charge in [-0.25, -0.2) is 4.39 Å². The zero-order valence-corrected chi connectivity index (χ0v) is 10.7. The number of benzene rings is 1. The van der Waals surface area contributed by atoms with Crippen LogP contribution >= 0.6 is 0 Å². The molecule has 0 atom stereocenters. The SMILES string of the molecule is CCN(CC(=O)O)C(=O)c1cc(C)c(F)c(C)c1. The third-order valence-electron chi connectivity index (χ3n) is 2.68. The maximum absolute atomic E-state index is 13.4. The molecule has 1 aromatic carbocycles. The molecule has 0 spiro atoms. The van der Waals surface area contributed by atoms with Gasteiger partial charge in [0.25, 0.3) is 5.91 Å². The Morgan fingerprint density at radius 3 is 2.17 bits per heavy atom. The maximum Gasteiger partial charge on any atom is 0.323 e. The Bertz CT molecular complexity index is 462. The summed E-state index contributed by atoms with van der Waals surface area (Å²) in [7, 11) is 0. The van der Waals surface area contributed by atoms with Gasteiger partial charge in [-0.3, -0.25) is 9.59 Å². The minimum Gasteiger partial charge on any atom is -0.480 e. The first kappa shape index (κ1) is 14.2. The van der Waals surface area contributed by atoms with Crippen LogP contribution in [0.25, 0.3) is 0 Å². The number of carbonyl (C=O) groups is 2. The van der Waals surface area contributed by atoms with E-state index in [-0.39, 0.29) is 12.4 Å². The Balaban J connectivity index is 3.06. The fourth-order valence-electron chi connectivity index (χ4n) is 1.74. The number of likely N-dealkylation sites (N-methyl/N-ethyl adjacent to an activating group) is 1. The Hall–Kier alpha value is -1.91. The highest BCUT2D eigenvalue weighted by Gasteiger charge is 2.18. The molecule has 1 N–H and O–H groups in total. The summed E-state index contributed by atoms with van der Waals surface area (Å²) in [6.07, 6.45) is 0. The molecule has 0 heterocycles. The fraction of sp³-hybridized carbons (Fsp3) is 0.385.